The van der Waals surface area contributed by atoms with Crippen LogP contribution in [-0.2, 0) is 10.0 Å². The van der Waals surface area contributed by atoms with E-state index >= 15 is 0 Å². The smallest absolute Gasteiger partial charge is 0.242 e. The molecule has 1 aromatic heterocycles. The summed E-state index contributed by atoms with van der Waals surface area (Å²) < 4.78 is 32.2. The lowest BCUT2D eigenvalue weighted by atomic mass is 10.1. The van der Waals surface area contributed by atoms with E-state index in [1.54, 1.807) is 30.5 Å². The van der Waals surface area contributed by atoms with Crippen molar-refractivity contribution in [3.05, 3.63) is 41.6 Å². The molecule has 8 heteroatoms. The van der Waals surface area contributed by atoms with E-state index in [-0.39, 0.29) is 16.5 Å². The summed E-state index contributed by atoms with van der Waals surface area (Å²) in [7, 11) is -2.32. The van der Waals surface area contributed by atoms with Gasteiger partial charge in [0.25, 0.3) is 0 Å². The van der Waals surface area contributed by atoms with Crippen LogP contribution >= 0.6 is 11.6 Å². The highest BCUT2D eigenvalue weighted by molar-refractivity contribution is 7.89. The summed E-state index contributed by atoms with van der Waals surface area (Å²) in [6, 6.07) is 8.14. The number of hydrogen-bond donors (Lipinski definition) is 2. The lowest BCUT2D eigenvalue weighted by Crippen LogP contribution is -2.38. The number of methoxy groups -OCH3 is 1. The van der Waals surface area contributed by atoms with Crippen molar-refractivity contribution in [2.24, 2.45) is 0 Å². The minimum absolute atomic E-state index is 0.0555. The first-order chi connectivity index (χ1) is 11.1. The van der Waals surface area contributed by atoms with E-state index in [9.17, 15) is 13.5 Å². The molecule has 0 unspecified atom stereocenters. The lowest BCUT2D eigenvalue weighted by molar-refractivity contribution is 0.0857. The van der Waals surface area contributed by atoms with Gasteiger partial charge in [0.15, 0.2) is 0 Å². The normalized spacial score (nSPS) is 12.2. The number of aromatic nitrogens is 1. The van der Waals surface area contributed by atoms with Gasteiger partial charge < -0.3 is 9.84 Å². The Morgan fingerprint density at radius 3 is 2.62 bits per heavy atom. The van der Waals surface area contributed by atoms with Crippen molar-refractivity contribution >= 4 is 21.6 Å². The van der Waals surface area contributed by atoms with Crippen LogP contribution in [0.1, 0.15) is 13.8 Å². The van der Waals surface area contributed by atoms with Crippen LogP contribution in [0.5, 0.6) is 5.88 Å². The summed E-state index contributed by atoms with van der Waals surface area (Å²) in [5.41, 5.74) is 0.226. The SMILES string of the molecule is COc1ncccc1-c1ccc(S(=O)(=O)NCC(C)(C)O)c(Cl)c1. The second-order valence-electron chi connectivity index (χ2n) is 5.84. The summed E-state index contributed by atoms with van der Waals surface area (Å²) in [6.07, 6.45) is 1.60. The molecule has 0 bridgehead atoms. The second-order valence-corrected chi connectivity index (χ2v) is 7.99. The summed E-state index contributed by atoms with van der Waals surface area (Å²) in [4.78, 5) is 4.05. The quantitative estimate of drug-likeness (QED) is 0.815. The first-order valence-electron chi connectivity index (χ1n) is 7.15. The number of rotatable bonds is 6. The van der Waals surface area contributed by atoms with Crippen LogP contribution in [0.25, 0.3) is 11.1 Å². The largest absolute Gasteiger partial charge is 0.481 e. The molecular formula is C16H19ClN2O4S. The fourth-order valence-corrected chi connectivity index (χ4v) is 3.76. The highest BCUT2D eigenvalue weighted by atomic mass is 35.5. The van der Waals surface area contributed by atoms with Crippen LogP contribution in [0.4, 0.5) is 0 Å². The standard InChI is InChI=1S/C16H19ClN2O4S/c1-16(2,20)10-19-24(21,22)14-7-6-11(9-13(14)17)12-5-4-8-18-15(12)23-3/h4-9,19-20H,10H2,1-3H3. The fourth-order valence-electron chi connectivity index (χ4n) is 2.01. The molecule has 130 valence electrons. The van der Waals surface area contributed by atoms with Crippen LogP contribution in [0.15, 0.2) is 41.4 Å². The number of sulfonamides is 1. The van der Waals surface area contributed by atoms with Gasteiger partial charge in [-0.25, -0.2) is 18.1 Å². The fraction of sp³-hybridized carbons (Fsp3) is 0.312. The van der Waals surface area contributed by atoms with E-state index in [0.717, 1.165) is 0 Å². The van der Waals surface area contributed by atoms with Gasteiger partial charge in [0.2, 0.25) is 15.9 Å². The van der Waals surface area contributed by atoms with Crippen LogP contribution in [-0.4, -0.2) is 37.8 Å². The van der Waals surface area contributed by atoms with Gasteiger partial charge in [-0.05, 0) is 43.7 Å². The molecule has 2 aromatic rings. The number of benzene rings is 1. The molecule has 24 heavy (non-hydrogen) atoms. The number of halogens is 1. The zero-order valence-electron chi connectivity index (χ0n) is 13.6. The Hall–Kier alpha value is -1.67. The van der Waals surface area contributed by atoms with Crippen molar-refractivity contribution in [1.82, 2.24) is 9.71 Å². The predicted octanol–water partition coefficient (Wildman–Crippen LogP) is 2.46. The van der Waals surface area contributed by atoms with Gasteiger partial charge in [-0.2, -0.15) is 0 Å². The highest BCUT2D eigenvalue weighted by Crippen LogP contribution is 2.32. The lowest BCUT2D eigenvalue weighted by Gasteiger charge is -2.18. The molecule has 2 N–H and O–H groups in total. The van der Waals surface area contributed by atoms with Crippen LogP contribution in [0.3, 0.4) is 0 Å². The van der Waals surface area contributed by atoms with Crippen molar-refractivity contribution in [1.29, 1.82) is 0 Å². The summed E-state index contributed by atoms with van der Waals surface area (Å²) >= 11 is 6.17. The van der Waals surface area contributed by atoms with Gasteiger partial charge in [0.05, 0.1) is 17.7 Å². The Morgan fingerprint density at radius 2 is 2.04 bits per heavy atom. The highest BCUT2D eigenvalue weighted by Gasteiger charge is 2.22. The molecule has 1 heterocycles. The molecule has 0 amide bonds. The number of nitrogens with one attached hydrogen (secondary N) is 1. The van der Waals surface area contributed by atoms with Crippen molar-refractivity contribution in [2.45, 2.75) is 24.3 Å². The molecular weight excluding hydrogens is 352 g/mol. The van der Waals surface area contributed by atoms with Crippen molar-refractivity contribution in [3.8, 4) is 17.0 Å². The van der Waals surface area contributed by atoms with Crippen molar-refractivity contribution < 1.29 is 18.3 Å². The van der Waals surface area contributed by atoms with E-state index in [1.807, 2.05) is 0 Å². The van der Waals surface area contributed by atoms with E-state index < -0.39 is 15.6 Å². The third kappa shape index (κ3) is 4.45. The molecule has 0 atom stereocenters. The average molecular weight is 371 g/mol. The van der Waals surface area contributed by atoms with Crippen LogP contribution in [0, 0.1) is 0 Å². The molecule has 2 rings (SSSR count). The Bertz CT molecular complexity index is 832. The Morgan fingerprint density at radius 1 is 1.33 bits per heavy atom. The maximum atomic E-state index is 12.3. The van der Waals surface area contributed by atoms with Crippen molar-refractivity contribution in [3.63, 3.8) is 0 Å². The molecule has 0 aliphatic heterocycles. The molecule has 0 saturated heterocycles. The molecule has 0 aliphatic carbocycles. The zero-order valence-corrected chi connectivity index (χ0v) is 15.1. The number of pyridine rings is 1. The van der Waals surface area contributed by atoms with Gasteiger partial charge in [-0.1, -0.05) is 17.7 Å². The van der Waals surface area contributed by atoms with Gasteiger partial charge in [0, 0.05) is 18.3 Å². The zero-order chi connectivity index (χ0) is 18.0. The first-order valence-corrected chi connectivity index (χ1v) is 9.01. The Labute approximate surface area is 146 Å². The molecule has 1 aromatic carbocycles. The average Bonchev–Trinajstić information content (AvgIpc) is 2.52. The number of hydrogen-bond acceptors (Lipinski definition) is 5. The van der Waals surface area contributed by atoms with E-state index in [0.29, 0.717) is 17.0 Å². The second kappa shape index (κ2) is 7.06. The predicted molar refractivity (Wildman–Crippen MR) is 92.7 cm³/mol. The third-order valence-corrected chi connectivity index (χ3v) is 5.08. The third-order valence-electron chi connectivity index (χ3n) is 3.19. The molecule has 0 aliphatic rings. The monoisotopic (exact) mass is 370 g/mol. The summed E-state index contributed by atoms with van der Waals surface area (Å²) in [5.74, 6) is 0.421. The Kier molecular flexibility index (Phi) is 5.49. The number of nitrogens with zero attached hydrogens (tertiary/aromatic N) is 1. The molecule has 0 radical (unpaired) electrons. The van der Waals surface area contributed by atoms with Crippen LogP contribution < -0.4 is 9.46 Å². The minimum Gasteiger partial charge on any atom is -0.481 e. The van der Waals surface area contributed by atoms with E-state index in [1.165, 1.54) is 27.0 Å². The van der Waals surface area contributed by atoms with Crippen LogP contribution in [0.2, 0.25) is 5.02 Å². The van der Waals surface area contributed by atoms with Crippen molar-refractivity contribution in [2.75, 3.05) is 13.7 Å². The number of ether oxygens (including phenoxy) is 1. The van der Waals surface area contributed by atoms with Gasteiger partial charge in [0.1, 0.15) is 4.90 Å². The molecule has 0 spiro atoms. The minimum atomic E-state index is -3.83. The summed E-state index contributed by atoms with van der Waals surface area (Å²) in [6.45, 7) is 2.90. The van der Waals surface area contributed by atoms with Gasteiger partial charge in [-0.3, -0.25) is 0 Å². The molecule has 6 nitrogen and oxygen atoms in total. The van der Waals surface area contributed by atoms with E-state index in [2.05, 4.69) is 9.71 Å². The first kappa shape index (κ1) is 18.7. The van der Waals surface area contributed by atoms with Gasteiger partial charge in [-0.15, -0.1) is 0 Å². The molecule has 0 fully saturated rings. The topological polar surface area (TPSA) is 88.5 Å². The maximum Gasteiger partial charge on any atom is 0.242 e. The molecule has 0 saturated carbocycles. The van der Waals surface area contributed by atoms with E-state index in [4.69, 9.17) is 16.3 Å². The summed E-state index contributed by atoms with van der Waals surface area (Å²) in [5, 5.41) is 9.74. The maximum absolute atomic E-state index is 12.3. The van der Waals surface area contributed by atoms with Gasteiger partial charge >= 0.3 is 0 Å². The Balaban J connectivity index is 2.37. The number of aliphatic hydroxyl groups is 1.